The van der Waals surface area contributed by atoms with E-state index in [0.717, 1.165) is 18.6 Å². The van der Waals surface area contributed by atoms with Crippen LogP contribution in [0.15, 0.2) is 47.3 Å². The van der Waals surface area contributed by atoms with Crippen LogP contribution < -0.4 is 32.0 Å². The van der Waals surface area contributed by atoms with Gasteiger partial charge in [0.1, 0.15) is 5.52 Å². The van der Waals surface area contributed by atoms with Crippen LogP contribution in [0.5, 0.6) is 11.6 Å². The number of para-hydroxylation sites is 1. The molecule has 0 aliphatic carbocycles. The van der Waals surface area contributed by atoms with Crippen molar-refractivity contribution in [1.29, 1.82) is 0 Å². The number of nitrogens with zero attached hydrogens (tertiary/aromatic N) is 3. The van der Waals surface area contributed by atoms with Crippen molar-refractivity contribution in [2.24, 2.45) is 0 Å². The number of rotatable bonds is 9. The number of hydrogen-bond donors (Lipinski definition) is 5. The molecule has 0 radical (unpaired) electrons. The number of alkyl halides is 3. The van der Waals surface area contributed by atoms with Gasteiger partial charge < -0.3 is 36.1 Å². The number of amides is 1. The molecule has 2 aromatic heterocycles. The number of aromatic nitrogens is 4. The van der Waals surface area contributed by atoms with Gasteiger partial charge >= 0.3 is 6.18 Å². The number of nitrogens with one attached hydrogen (secondary N) is 4. The van der Waals surface area contributed by atoms with E-state index in [4.69, 9.17) is 15.2 Å². The number of hydrogen-bond acceptors (Lipinski definition) is 10. The van der Waals surface area contributed by atoms with Crippen molar-refractivity contribution in [3.63, 3.8) is 0 Å². The number of ether oxygens (including phenoxy) is 2. The molecule has 1 aliphatic rings. The molecule has 5 rings (SSSR count). The molecule has 0 unspecified atom stereocenters. The average Bonchev–Trinajstić information content (AvgIpc) is 3.40. The molecule has 15 heteroatoms. The van der Waals surface area contributed by atoms with Gasteiger partial charge in [0.15, 0.2) is 11.6 Å². The highest BCUT2D eigenvalue weighted by Gasteiger charge is 2.33. The normalized spacial score (nSPS) is 17.4. The Labute approximate surface area is 249 Å². The summed E-state index contributed by atoms with van der Waals surface area (Å²) in [5, 5.41) is 8.90. The van der Waals surface area contributed by atoms with E-state index in [-0.39, 0.29) is 57.9 Å². The van der Waals surface area contributed by atoms with Gasteiger partial charge in [-0.15, -0.1) is 0 Å². The minimum absolute atomic E-state index is 0.00430. The zero-order chi connectivity index (χ0) is 31.6. The topological polar surface area (TPSA) is 169 Å². The quantitative estimate of drug-likeness (QED) is 0.184. The number of halogens is 3. The lowest BCUT2D eigenvalue weighted by molar-refractivity contribution is -0.137. The molecule has 0 spiro atoms. The van der Waals surface area contributed by atoms with E-state index in [0.29, 0.717) is 18.5 Å². The van der Waals surface area contributed by atoms with Crippen LogP contribution in [0.1, 0.15) is 32.3 Å². The molecule has 1 fully saturated rings. The number of carbonyl (C=O) groups is 1. The minimum Gasteiger partial charge on any atom is -0.436 e. The van der Waals surface area contributed by atoms with E-state index in [2.05, 4.69) is 35.9 Å². The highest BCUT2D eigenvalue weighted by atomic mass is 19.4. The van der Waals surface area contributed by atoms with Crippen molar-refractivity contribution in [3.8, 4) is 22.9 Å². The second-order valence-corrected chi connectivity index (χ2v) is 10.6. The molecule has 232 valence electrons. The van der Waals surface area contributed by atoms with E-state index in [1.54, 1.807) is 18.2 Å². The Morgan fingerprint density at radius 1 is 1.16 bits per heavy atom. The van der Waals surface area contributed by atoms with Crippen molar-refractivity contribution in [2.45, 2.75) is 51.0 Å². The largest absolute Gasteiger partial charge is 0.436 e. The number of benzene rings is 2. The lowest BCUT2D eigenvalue weighted by Crippen LogP contribution is -2.38. The second kappa shape index (κ2) is 12.5. The van der Waals surface area contributed by atoms with Gasteiger partial charge in [-0.3, -0.25) is 9.59 Å². The maximum absolute atomic E-state index is 13.7. The summed E-state index contributed by atoms with van der Waals surface area (Å²) in [6.07, 6.45) is -3.34. The summed E-state index contributed by atoms with van der Waals surface area (Å²) < 4.78 is 52.5. The van der Waals surface area contributed by atoms with Gasteiger partial charge in [-0.1, -0.05) is 12.1 Å². The van der Waals surface area contributed by atoms with Crippen LogP contribution in [0.2, 0.25) is 0 Å². The van der Waals surface area contributed by atoms with E-state index in [1.165, 1.54) is 19.2 Å². The first-order chi connectivity index (χ1) is 20.9. The molecular weight excluding hydrogens is 581 g/mol. The third kappa shape index (κ3) is 6.89. The number of H-pyrrole nitrogens is 1. The molecule has 4 aromatic rings. The maximum atomic E-state index is 13.7. The fourth-order valence-electron chi connectivity index (χ4n) is 4.88. The molecule has 44 heavy (non-hydrogen) atoms. The Kier molecular flexibility index (Phi) is 8.69. The highest BCUT2D eigenvalue weighted by Crippen LogP contribution is 2.37. The predicted octanol–water partition coefficient (Wildman–Crippen LogP) is 4.30. The summed E-state index contributed by atoms with van der Waals surface area (Å²) in [5.74, 6) is -0.422. The van der Waals surface area contributed by atoms with Crippen molar-refractivity contribution in [3.05, 3.63) is 58.4 Å². The van der Waals surface area contributed by atoms with Gasteiger partial charge in [-0.05, 0) is 51.0 Å². The number of aromatic amines is 1. The summed E-state index contributed by atoms with van der Waals surface area (Å²) >= 11 is 0. The lowest BCUT2D eigenvalue weighted by atomic mass is 10.0. The van der Waals surface area contributed by atoms with Crippen LogP contribution >= 0.6 is 0 Å². The standard InChI is InChI=1S/C29H31F3N8O4/c1-14-7-10-19(34-14)26(41)37-20-11-16(29(30,31)32)8-9-17(20)21-12-23(39-28(38-21)35-15(2)13-43-3)44-22-6-4-5-18-24(22)40-25(33)27(42)36-18/h4-6,8-9,11-12,14-15,19,34H,7,10,13H2,1-3H3,(H2,33,40)(H,36,42)(H,37,41)(H,35,38,39)/t14-,15-,19-/m0/s1. The molecule has 0 saturated carbocycles. The van der Waals surface area contributed by atoms with E-state index in [9.17, 15) is 22.8 Å². The monoisotopic (exact) mass is 612 g/mol. The van der Waals surface area contributed by atoms with Gasteiger partial charge in [0.05, 0.1) is 35.1 Å². The Morgan fingerprint density at radius 2 is 1.95 bits per heavy atom. The summed E-state index contributed by atoms with van der Waals surface area (Å²) in [4.78, 5) is 40.8. The van der Waals surface area contributed by atoms with E-state index < -0.39 is 29.2 Å². The van der Waals surface area contributed by atoms with Crippen molar-refractivity contribution >= 4 is 34.4 Å². The predicted molar refractivity (Wildman–Crippen MR) is 159 cm³/mol. The highest BCUT2D eigenvalue weighted by molar-refractivity contribution is 5.98. The molecule has 2 aromatic carbocycles. The summed E-state index contributed by atoms with van der Waals surface area (Å²) in [6, 6.07) is 8.60. The summed E-state index contributed by atoms with van der Waals surface area (Å²) in [5.41, 5.74) is 5.15. The first kappa shape index (κ1) is 30.7. The molecule has 0 bridgehead atoms. The zero-order valence-electron chi connectivity index (χ0n) is 24.1. The Balaban J connectivity index is 1.60. The number of carbonyl (C=O) groups excluding carboxylic acids is 1. The average molecular weight is 613 g/mol. The smallest absolute Gasteiger partial charge is 0.416 e. The Bertz CT molecular complexity index is 1750. The van der Waals surface area contributed by atoms with Gasteiger partial charge in [-0.25, -0.2) is 9.97 Å². The number of anilines is 3. The van der Waals surface area contributed by atoms with Crippen LogP contribution in [0.3, 0.4) is 0 Å². The van der Waals surface area contributed by atoms with Gasteiger partial charge in [-0.2, -0.15) is 18.2 Å². The van der Waals surface area contributed by atoms with Crippen molar-refractivity contribution in [1.82, 2.24) is 25.3 Å². The SMILES string of the molecule is COC[C@H](C)Nc1nc(Oc2cccc3[nH]c(=O)c(N)nc23)cc(-c2ccc(C(F)(F)F)cc2NC(=O)[C@@H]2CC[C@H](C)N2)n1. The van der Waals surface area contributed by atoms with Crippen LogP contribution in [-0.4, -0.2) is 57.7 Å². The van der Waals surface area contributed by atoms with Gasteiger partial charge in [0.2, 0.25) is 17.7 Å². The molecule has 1 saturated heterocycles. The molecule has 3 atom stereocenters. The van der Waals surface area contributed by atoms with Crippen LogP contribution in [-0.2, 0) is 15.7 Å². The molecule has 3 heterocycles. The number of nitrogens with two attached hydrogens (primary N) is 1. The number of fused-ring (bicyclic) bond motifs is 1. The molecule has 12 nitrogen and oxygen atoms in total. The Morgan fingerprint density at radius 3 is 2.66 bits per heavy atom. The van der Waals surface area contributed by atoms with E-state index >= 15 is 0 Å². The fourth-order valence-corrected chi connectivity index (χ4v) is 4.88. The second-order valence-electron chi connectivity index (χ2n) is 10.6. The zero-order valence-corrected chi connectivity index (χ0v) is 24.1. The first-order valence-electron chi connectivity index (χ1n) is 13.8. The number of methoxy groups -OCH3 is 1. The molecular formula is C29H31F3N8O4. The van der Waals surface area contributed by atoms with E-state index in [1.807, 2.05) is 13.8 Å². The van der Waals surface area contributed by atoms with Crippen molar-refractivity contribution in [2.75, 3.05) is 30.1 Å². The fraction of sp³-hybridized carbons (Fsp3) is 0.345. The number of nitrogen functional groups attached to an aromatic ring is 1. The van der Waals surface area contributed by atoms with Crippen molar-refractivity contribution < 1.29 is 27.4 Å². The van der Waals surface area contributed by atoms with Crippen LogP contribution in [0.4, 0.5) is 30.6 Å². The minimum atomic E-state index is -4.65. The maximum Gasteiger partial charge on any atom is 0.416 e. The lowest BCUT2D eigenvalue weighted by Gasteiger charge is -2.19. The Hall–Kier alpha value is -4.76. The third-order valence-electron chi connectivity index (χ3n) is 6.99. The van der Waals surface area contributed by atoms with Crippen LogP contribution in [0, 0.1) is 0 Å². The molecule has 1 aliphatic heterocycles. The molecule has 1 amide bonds. The summed E-state index contributed by atoms with van der Waals surface area (Å²) in [7, 11) is 1.53. The van der Waals surface area contributed by atoms with Gasteiger partial charge in [0.25, 0.3) is 5.56 Å². The summed E-state index contributed by atoms with van der Waals surface area (Å²) in [6.45, 7) is 4.06. The third-order valence-corrected chi connectivity index (χ3v) is 6.99. The van der Waals surface area contributed by atoms with Crippen LogP contribution in [0.25, 0.3) is 22.3 Å². The first-order valence-corrected chi connectivity index (χ1v) is 13.8. The van der Waals surface area contributed by atoms with Gasteiger partial charge in [0, 0.05) is 30.8 Å². The molecule has 6 N–H and O–H groups in total.